The van der Waals surface area contributed by atoms with E-state index in [1.54, 1.807) is 0 Å². The zero-order valence-corrected chi connectivity index (χ0v) is 10.8. The Morgan fingerprint density at radius 3 is 2.32 bits per heavy atom. The molecule has 1 aromatic rings. The number of rotatable bonds is 5. The Bertz CT molecular complexity index is 413. The molecule has 0 fully saturated rings. The molecule has 0 unspecified atom stereocenters. The summed E-state index contributed by atoms with van der Waals surface area (Å²) in [5.41, 5.74) is 0.532. The molecular weight excluding hydrogens is 259 g/mol. The fourth-order valence-corrected chi connectivity index (χ4v) is 1.38. The van der Waals surface area contributed by atoms with Crippen LogP contribution in [0.3, 0.4) is 0 Å². The minimum absolute atomic E-state index is 0.110. The fraction of sp³-hybridized carbons (Fsp3) is 0.462. The van der Waals surface area contributed by atoms with Crippen molar-refractivity contribution in [3.8, 4) is 5.75 Å². The van der Waals surface area contributed by atoms with Crippen LogP contribution in [0.2, 0.25) is 0 Å². The van der Waals surface area contributed by atoms with Gasteiger partial charge >= 0.3 is 6.18 Å². The van der Waals surface area contributed by atoms with Crippen molar-refractivity contribution < 1.29 is 22.7 Å². The van der Waals surface area contributed by atoms with Gasteiger partial charge < -0.3 is 10.1 Å². The van der Waals surface area contributed by atoms with Gasteiger partial charge in [-0.25, -0.2) is 0 Å². The van der Waals surface area contributed by atoms with Crippen LogP contribution in [0.15, 0.2) is 24.3 Å². The number of carbonyl (C=O) groups is 1. The van der Waals surface area contributed by atoms with Crippen LogP contribution in [0, 0.1) is 5.92 Å². The van der Waals surface area contributed by atoms with Gasteiger partial charge in [0.15, 0.2) is 6.61 Å². The number of alkyl halides is 3. The SMILES string of the molecule is CC(C)CC(=O)Nc1ccc(OCC(F)(F)F)cc1. The summed E-state index contributed by atoms with van der Waals surface area (Å²) < 4.78 is 40.4. The van der Waals surface area contributed by atoms with E-state index in [1.165, 1.54) is 24.3 Å². The number of hydrogen-bond donors (Lipinski definition) is 1. The van der Waals surface area contributed by atoms with Gasteiger partial charge in [-0.05, 0) is 30.2 Å². The summed E-state index contributed by atoms with van der Waals surface area (Å²) in [6, 6.07) is 5.78. The van der Waals surface area contributed by atoms with E-state index in [0.717, 1.165) is 0 Å². The maximum absolute atomic E-state index is 11.9. The predicted octanol–water partition coefficient (Wildman–Crippen LogP) is 3.61. The van der Waals surface area contributed by atoms with Crippen molar-refractivity contribution in [2.24, 2.45) is 5.92 Å². The van der Waals surface area contributed by atoms with Crippen molar-refractivity contribution >= 4 is 11.6 Å². The van der Waals surface area contributed by atoms with Gasteiger partial charge in [-0.1, -0.05) is 13.8 Å². The van der Waals surface area contributed by atoms with Gasteiger partial charge in [0.25, 0.3) is 0 Å². The number of anilines is 1. The molecule has 106 valence electrons. The second kappa shape index (κ2) is 6.45. The third-order valence-corrected chi connectivity index (χ3v) is 2.13. The molecule has 0 radical (unpaired) electrons. The molecule has 0 aliphatic rings. The topological polar surface area (TPSA) is 38.3 Å². The molecule has 0 atom stereocenters. The Balaban J connectivity index is 2.50. The number of carbonyl (C=O) groups excluding carboxylic acids is 1. The molecule has 0 heterocycles. The van der Waals surface area contributed by atoms with Crippen molar-refractivity contribution in [1.82, 2.24) is 0 Å². The number of amides is 1. The summed E-state index contributed by atoms with van der Waals surface area (Å²) in [4.78, 5) is 11.5. The van der Waals surface area contributed by atoms with Crippen LogP contribution in [0.4, 0.5) is 18.9 Å². The van der Waals surface area contributed by atoms with Gasteiger partial charge in [0, 0.05) is 12.1 Å². The molecule has 0 aromatic heterocycles. The first-order valence-corrected chi connectivity index (χ1v) is 5.86. The van der Waals surface area contributed by atoms with Crippen molar-refractivity contribution in [3.63, 3.8) is 0 Å². The lowest BCUT2D eigenvalue weighted by Gasteiger charge is -2.10. The van der Waals surface area contributed by atoms with Gasteiger partial charge in [-0.15, -0.1) is 0 Å². The number of nitrogens with one attached hydrogen (secondary N) is 1. The first-order chi connectivity index (χ1) is 8.76. The van der Waals surface area contributed by atoms with Crippen LogP contribution >= 0.6 is 0 Å². The van der Waals surface area contributed by atoms with Crippen molar-refractivity contribution in [1.29, 1.82) is 0 Å². The Morgan fingerprint density at radius 2 is 1.84 bits per heavy atom. The van der Waals surface area contributed by atoms with Crippen LogP contribution in [-0.2, 0) is 4.79 Å². The predicted molar refractivity (Wildman–Crippen MR) is 66.1 cm³/mol. The molecule has 1 amide bonds. The van der Waals surface area contributed by atoms with E-state index >= 15 is 0 Å². The first-order valence-electron chi connectivity index (χ1n) is 5.86. The maximum Gasteiger partial charge on any atom is 0.422 e. The van der Waals surface area contributed by atoms with E-state index in [4.69, 9.17) is 0 Å². The normalized spacial score (nSPS) is 11.5. The number of halogens is 3. The van der Waals surface area contributed by atoms with Crippen LogP contribution in [-0.4, -0.2) is 18.7 Å². The molecule has 0 aliphatic carbocycles. The molecule has 19 heavy (non-hydrogen) atoms. The molecule has 0 saturated carbocycles. The van der Waals surface area contributed by atoms with Crippen LogP contribution in [0.25, 0.3) is 0 Å². The van der Waals surface area contributed by atoms with Crippen molar-refractivity contribution in [3.05, 3.63) is 24.3 Å². The average molecular weight is 275 g/mol. The minimum Gasteiger partial charge on any atom is -0.484 e. The molecule has 0 spiro atoms. The minimum atomic E-state index is -4.36. The summed E-state index contributed by atoms with van der Waals surface area (Å²) in [7, 11) is 0. The second-order valence-electron chi connectivity index (χ2n) is 4.57. The highest BCUT2D eigenvalue weighted by Gasteiger charge is 2.28. The van der Waals surface area contributed by atoms with E-state index in [0.29, 0.717) is 12.1 Å². The quantitative estimate of drug-likeness (QED) is 0.891. The number of benzene rings is 1. The summed E-state index contributed by atoms with van der Waals surface area (Å²) in [6.07, 6.45) is -3.96. The molecule has 6 heteroatoms. The molecule has 1 aromatic carbocycles. The lowest BCUT2D eigenvalue weighted by atomic mass is 10.1. The highest BCUT2D eigenvalue weighted by molar-refractivity contribution is 5.90. The highest BCUT2D eigenvalue weighted by Crippen LogP contribution is 2.20. The lowest BCUT2D eigenvalue weighted by molar-refractivity contribution is -0.153. The van der Waals surface area contributed by atoms with Gasteiger partial charge in [-0.2, -0.15) is 13.2 Å². The molecule has 0 aliphatic heterocycles. The Kier molecular flexibility index (Phi) is 5.20. The summed E-state index contributed by atoms with van der Waals surface area (Å²) in [5, 5.41) is 2.66. The van der Waals surface area contributed by atoms with Crippen molar-refractivity contribution in [2.45, 2.75) is 26.4 Å². The lowest BCUT2D eigenvalue weighted by Crippen LogP contribution is -2.19. The van der Waals surface area contributed by atoms with Gasteiger partial charge in [0.1, 0.15) is 5.75 Å². The summed E-state index contributed by atoms with van der Waals surface area (Å²) >= 11 is 0. The third-order valence-electron chi connectivity index (χ3n) is 2.13. The highest BCUT2D eigenvalue weighted by atomic mass is 19.4. The molecule has 0 saturated heterocycles. The standard InChI is InChI=1S/C13H16F3NO2/c1-9(2)7-12(18)17-10-3-5-11(6-4-10)19-8-13(14,15)16/h3-6,9H,7-8H2,1-2H3,(H,17,18). The van der Waals surface area contributed by atoms with E-state index in [-0.39, 0.29) is 17.6 Å². The van der Waals surface area contributed by atoms with E-state index in [1.807, 2.05) is 13.8 Å². The summed E-state index contributed by atoms with van der Waals surface area (Å²) in [5.74, 6) is 0.229. The Hall–Kier alpha value is -1.72. The maximum atomic E-state index is 11.9. The van der Waals surface area contributed by atoms with Gasteiger partial charge in [0.2, 0.25) is 5.91 Å². The molecule has 1 N–H and O–H groups in total. The smallest absolute Gasteiger partial charge is 0.422 e. The van der Waals surface area contributed by atoms with Crippen LogP contribution in [0.5, 0.6) is 5.75 Å². The van der Waals surface area contributed by atoms with E-state index in [9.17, 15) is 18.0 Å². The first kappa shape index (κ1) is 15.3. The largest absolute Gasteiger partial charge is 0.484 e. The average Bonchev–Trinajstić information content (AvgIpc) is 2.26. The fourth-order valence-electron chi connectivity index (χ4n) is 1.38. The van der Waals surface area contributed by atoms with Gasteiger partial charge in [-0.3, -0.25) is 4.79 Å². The Morgan fingerprint density at radius 1 is 1.26 bits per heavy atom. The second-order valence-corrected chi connectivity index (χ2v) is 4.57. The third kappa shape index (κ3) is 6.69. The number of hydrogen-bond acceptors (Lipinski definition) is 2. The zero-order chi connectivity index (χ0) is 14.5. The van der Waals surface area contributed by atoms with Crippen LogP contribution in [0.1, 0.15) is 20.3 Å². The van der Waals surface area contributed by atoms with Gasteiger partial charge in [0.05, 0.1) is 0 Å². The van der Waals surface area contributed by atoms with E-state index in [2.05, 4.69) is 10.1 Å². The van der Waals surface area contributed by atoms with Crippen LogP contribution < -0.4 is 10.1 Å². The monoisotopic (exact) mass is 275 g/mol. The zero-order valence-electron chi connectivity index (χ0n) is 10.8. The van der Waals surface area contributed by atoms with Crippen molar-refractivity contribution in [2.75, 3.05) is 11.9 Å². The summed E-state index contributed by atoms with van der Waals surface area (Å²) in [6.45, 7) is 2.52. The molecular formula is C13H16F3NO2. The number of ether oxygens (including phenoxy) is 1. The molecule has 1 rings (SSSR count). The van der Waals surface area contributed by atoms with E-state index < -0.39 is 12.8 Å². The molecule has 3 nitrogen and oxygen atoms in total. The Labute approximate surface area is 109 Å². The molecule has 0 bridgehead atoms.